The molecule has 0 saturated heterocycles. The van der Waals surface area contributed by atoms with Gasteiger partial charge in [-0.3, -0.25) is 0 Å². The Hall–Kier alpha value is -1.07. The summed E-state index contributed by atoms with van der Waals surface area (Å²) in [6.07, 6.45) is -1.28. The molecule has 2 rings (SSSR count). The van der Waals surface area contributed by atoms with E-state index in [0.717, 1.165) is 25.3 Å². The van der Waals surface area contributed by atoms with E-state index in [0.29, 0.717) is 5.56 Å². The molecule has 0 bridgehead atoms. The van der Waals surface area contributed by atoms with Crippen molar-refractivity contribution in [3.8, 4) is 0 Å². The number of ether oxygens (including phenoxy) is 1. The average Bonchev–Trinajstić information content (AvgIpc) is 2.85. The normalized spacial score (nSPS) is 24.9. The fourth-order valence-electron chi connectivity index (χ4n) is 2.94. The molecule has 0 spiro atoms. The SMILES string of the molecule is COC1CCCC1NC(C)c1ccccc1C(F)(F)F. The summed E-state index contributed by atoms with van der Waals surface area (Å²) in [7, 11) is 1.65. The van der Waals surface area contributed by atoms with Crippen LogP contribution in [0.15, 0.2) is 24.3 Å². The fourth-order valence-corrected chi connectivity index (χ4v) is 2.94. The average molecular weight is 287 g/mol. The standard InChI is InChI=1S/C15H20F3NO/c1-10(19-13-8-5-9-14(13)20-2)11-6-3-4-7-12(11)15(16,17)18/h3-4,6-7,10,13-14,19H,5,8-9H2,1-2H3. The van der Waals surface area contributed by atoms with Crippen molar-refractivity contribution >= 4 is 0 Å². The summed E-state index contributed by atoms with van der Waals surface area (Å²) in [4.78, 5) is 0. The fraction of sp³-hybridized carbons (Fsp3) is 0.600. The number of halogens is 3. The van der Waals surface area contributed by atoms with E-state index < -0.39 is 11.7 Å². The largest absolute Gasteiger partial charge is 0.416 e. The lowest BCUT2D eigenvalue weighted by Crippen LogP contribution is -2.38. The molecule has 1 saturated carbocycles. The Labute approximate surface area is 117 Å². The highest BCUT2D eigenvalue weighted by atomic mass is 19.4. The molecule has 0 radical (unpaired) electrons. The maximum atomic E-state index is 13.0. The topological polar surface area (TPSA) is 21.3 Å². The lowest BCUT2D eigenvalue weighted by Gasteiger charge is -2.26. The molecular weight excluding hydrogens is 267 g/mol. The van der Waals surface area contributed by atoms with Crippen molar-refractivity contribution in [2.45, 2.75) is 50.6 Å². The molecule has 3 atom stereocenters. The van der Waals surface area contributed by atoms with Crippen molar-refractivity contribution in [3.63, 3.8) is 0 Å². The zero-order chi connectivity index (χ0) is 14.8. The van der Waals surface area contributed by atoms with Gasteiger partial charge in [-0.15, -0.1) is 0 Å². The predicted octanol–water partition coefficient (Wildman–Crippen LogP) is 3.92. The molecule has 2 nitrogen and oxygen atoms in total. The maximum absolute atomic E-state index is 13.0. The van der Waals surface area contributed by atoms with Crippen LogP contribution in [0.1, 0.15) is 43.4 Å². The summed E-state index contributed by atoms with van der Waals surface area (Å²) in [6.45, 7) is 1.77. The van der Waals surface area contributed by atoms with Crippen LogP contribution < -0.4 is 5.32 Å². The minimum Gasteiger partial charge on any atom is -0.380 e. The quantitative estimate of drug-likeness (QED) is 0.906. The molecule has 1 aliphatic carbocycles. The molecule has 112 valence electrons. The third-order valence-corrected chi connectivity index (χ3v) is 3.95. The summed E-state index contributed by atoms with van der Waals surface area (Å²) < 4.78 is 44.4. The van der Waals surface area contributed by atoms with E-state index in [4.69, 9.17) is 4.74 Å². The van der Waals surface area contributed by atoms with E-state index >= 15 is 0 Å². The Morgan fingerprint density at radius 1 is 1.25 bits per heavy atom. The van der Waals surface area contributed by atoms with Gasteiger partial charge in [0.15, 0.2) is 0 Å². The van der Waals surface area contributed by atoms with Gasteiger partial charge in [0, 0.05) is 19.2 Å². The van der Waals surface area contributed by atoms with E-state index in [2.05, 4.69) is 5.32 Å². The van der Waals surface area contributed by atoms with E-state index in [-0.39, 0.29) is 18.2 Å². The van der Waals surface area contributed by atoms with Gasteiger partial charge in [-0.2, -0.15) is 13.2 Å². The van der Waals surface area contributed by atoms with Crippen molar-refractivity contribution in [3.05, 3.63) is 35.4 Å². The number of alkyl halides is 3. The van der Waals surface area contributed by atoms with Gasteiger partial charge in [-0.05, 0) is 37.8 Å². The zero-order valence-electron chi connectivity index (χ0n) is 11.7. The second-order valence-electron chi connectivity index (χ2n) is 5.28. The van der Waals surface area contributed by atoms with Crippen molar-refractivity contribution in [1.82, 2.24) is 5.32 Å². The molecule has 0 heterocycles. The Morgan fingerprint density at radius 3 is 2.60 bits per heavy atom. The summed E-state index contributed by atoms with van der Waals surface area (Å²) in [5.74, 6) is 0. The molecule has 5 heteroatoms. The summed E-state index contributed by atoms with van der Waals surface area (Å²) >= 11 is 0. The molecule has 1 aromatic carbocycles. The van der Waals surface area contributed by atoms with E-state index in [1.165, 1.54) is 12.1 Å². The van der Waals surface area contributed by atoms with Crippen LogP contribution in [0.25, 0.3) is 0 Å². The van der Waals surface area contributed by atoms with Gasteiger partial charge in [0.1, 0.15) is 0 Å². The summed E-state index contributed by atoms with van der Waals surface area (Å²) in [6, 6.07) is 5.51. The van der Waals surface area contributed by atoms with Crippen LogP contribution in [0.5, 0.6) is 0 Å². The minimum absolute atomic E-state index is 0.0931. The second kappa shape index (κ2) is 6.14. The molecule has 0 amide bonds. The Bertz CT molecular complexity index is 447. The monoisotopic (exact) mass is 287 g/mol. The molecule has 0 aromatic heterocycles. The first-order valence-electron chi connectivity index (χ1n) is 6.88. The molecular formula is C15H20F3NO. The highest BCUT2D eigenvalue weighted by Gasteiger charge is 2.35. The van der Waals surface area contributed by atoms with Gasteiger partial charge in [-0.25, -0.2) is 0 Å². The molecule has 0 aliphatic heterocycles. The van der Waals surface area contributed by atoms with Crippen LogP contribution in [0.4, 0.5) is 13.2 Å². The molecule has 1 N–H and O–H groups in total. The first kappa shape index (κ1) is 15.3. The highest BCUT2D eigenvalue weighted by molar-refractivity contribution is 5.32. The van der Waals surface area contributed by atoms with Crippen LogP contribution in [0.2, 0.25) is 0 Å². The van der Waals surface area contributed by atoms with Crippen LogP contribution in [-0.2, 0) is 10.9 Å². The van der Waals surface area contributed by atoms with Gasteiger partial charge < -0.3 is 10.1 Å². The molecule has 1 aliphatic rings. The van der Waals surface area contributed by atoms with Crippen LogP contribution in [0, 0.1) is 0 Å². The van der Waals surface area contributed by atoms with Crippen LogP contribution in [-0.4, -0.2) is 19.3 Å². The Kier molecular flexibility index (Phi) is 4.70. The minimum atomic E-state index is -4.32. The lowest BCUT2D eigenvalue weighted by molar-refractivity contribution is -0.138. The summed E-state index contributed by atoms with van der Waals surface area (Å²) in [5.41, 5.74) is -0.270. The van der Waals surface area contributed by atoms with Crippen LogP contribution >= 0.6 is 0 Å². The van der Waals surface area contributed by atoms with Crippen molar-refractivity contribution in [2.75, 3.05) is 7.11 Å². The third kappa shape index (κ3) is 3.33. The maximum Gasteiger partial charge on any atom is 0.416 e. The molecule has 1 aromatic rings. The number of benzene rings is 1. The smallest absolute Gasteiger partial charge is 0.380 e. The first-order valence-corrected chi connectivity index (χ1v) is 6.88. The number of nitrogens with one attached hydrogen (secondary N) is 1. The highest BCUT2D eigenvalue weighted by Crippen LogP contribution is 2.35. The third-order valence-electron chi connectivity index (χ3n) is 3.95. The van der Waals surface area contributed by atoms with E-state index in [9.17, 15) is 13.2 Å². The van der Waals surface area contributed by atoms with E-state index in [1.54, 1.807) is 20.1 Å². The van der Waals surface area contributed by atoms with Crippen LogP contribution in [0.3, 0.4) is 0 Å². The predicted molar refractivity (Wildman–Crippen MR) is 71.4 cm³/mol. The second-order valence-corrected chi connectivity index (χ2v) is 5.28. The van der Waals surface area contributed by atoms with E-state index in [1.807, 2.05) is 0 Å². The Balaban J connectivity index is 2.15. The first-order chi connectivity index (χ1) is 9.43. The van der Waals surface area contributed by atoms with Gasteiger partial charge in [0.2, 0.25) is 0 Å². The number of methoxy groups -OCH3 is 1. The molecule has 20 heavy (non-hydrogen) atoms. The van der Waals surface area contributed by atoms with Crippen molar-refractivity contribution in [1.29, 1.82) is 0 Å². The van der Waals surface area contributed by atoms with Crippen molar-refractivity contribution in [2.24, 2.45) is 0 Å². The Morgan fingerprint density at radius 2 is 1.95 bits per heavy atom. The van der Waals surface area contributed by atoms with Gasteiger partial charge in [0.25, 0.3) is 0 Å². The van der Waals surface area contributed by atoms with Crippen molar-refractivity contribution < 1.29 is 17.9 Å². The van der Waals surface area contributed by atoms with Gasteiger partial charge in [-0.1, -0.05) is 18.2 Å². The zero-order valence-corrected chi connectivity index (χ0v) is 11.7. The number of rotatable bonds is 4. The summed E-state index contributed by atoms with van der Waals surface area (Å²) in [5, 5.41) is 3.28. The number of hydrogen-bond acceptors (Lipinski definition) is 2. The lowest BCUT2D eigenvalue weighted by atomic mass is 10.00. The number of hydrogen-bond donors (Lipinski definition) is 1. The van der Waals surface area contributed by atoms with Gasteiger partial charge >= 0.3 is 6.18 Å². The van der Waals surface area contributed by atoms with Gasteiger partial charge in [0.05, 0.1) is 11.7 Å². The molecule has 3 unspecified atom stereocenters. The molecule has 1 fully saturated rings.